The summed E-state index contributed by atoms with van der Waals surface area (Å²) in [5.74, 6) is -1.24. The van der Waals surface area contributed by atoms with Gasteiger partial charge in [-0.05, 0) is 23.8 Å². The smallest absolute Gasteiger partial charge is 0.356 e. The van der Waals surface area contributed by atoms with Crippen LogP contribution in [-0.2, 0) is 6.54 Å². The predicted octanol–water partition coefficient (Wildman–Crippen LogP) is 2.79. The minimum absolute atomic E-state index is 0.0748. The maximum Gasteiger partial charge on any atom is 0.356 e. The summed E-state index contributed by atoms with van der Waals surface area (Å²) in [6, 6.07) is 6.64. The fourth-order valence-corrected chi connectivity index (χ4v) is 2.10. The topological polar surface area (TPSA) is 102 Å². The number of aromatic carboxylic acids is 1. The van der Waals surface area contributed by atoms with Crippen LogP contribution in [0.2, 0.25) is 10.0 Å². The molecule has 2 aromatic rings. The van der Waals surface area contributed by atoms with Crippen molar-refractivity contribution in [1.29, 1.82) is 0 Å². The third kappa shape index (κ3) is 2.70. The molecular weight excluding hydrogens is 301 g/mol. The van der Waals surface area contributed by atoms with Gasteiger partial charge in [0.15, 0.2) is 5.69 Å². The van der Waals surface area contributed by atoms with Gasteiger partial charge >= 0.3 is 5.97 Å². The minimum atomic E-state index is -1.24. The number of aromatic nitrogens is 1. The third-order valence-electron chi connectivity index (χ3n) is 2.75. The van der Waals surface area contributed by atoms with E-state index in [1.165, 1.54) is 6.07 Å². The van der Waals surface area contributed by atoms with E-state index < -0.39 is 5.97 Å². The van der Waals surface area contributed by atoms with Gasteiger partial charge in [-0.15, -0.1) is 0 Å². The van der Waals surface area contributed by atoms with E-state index in [9.17, 15) is 4.79 Å². The number of carboxylic acids is 1. The molecule has 0 unspecified atom stereocenters. The van der Waals surface area contributed by atoms with Gasteiger partial charge < -0.3 is 16.6 Å². The minimum Gasteiger partial charge on any atom is -0.476 e. The molecule has 1 heterocycles. The van der Waals surface area contributed by atoms with Gasteiger partial charge in [0.2, 0.25) is 0 Å². The van der Waals surface area contributed by atoms with E-state index in [4.69, 9.17) is 39.8 Å². The highest BCUT2D eigenvalue weighted by molar-refractivity contribution is 6.35. The Morgan fingerprint density at radius 2 is 2.00 bits per heavy atom. The van der Waals surface area contributed by atoms with Crippen molar-refractivity contribution < 1.29 is 9.90 Å². The van der Waals surface area contributed by atoms with Crippen molar-refractivity contribution in [3.05, 3.63) is 45.6 Å². The van der Waals surface area contributed by atoms with E-state index in [1.54, 1.807) is 18.2 Å². The molecule has 0 aliphatic rings. The molecule has 104 valence electrons. The summed E-state index contributed by atoms with van der Waals surface area (Å²) in [4.78, 5) is 15.1. The maximum atomic E-state index is 11.1. The molecular formula is C13H11Cl2N3O2. The zero-order valence-electron chi connectivity index (χ0n) is 10.2. The number of hydrogen-bond acceptors (Lipinski definition) is 4. The largest absolute Gasteiger partial charge is 0.476 e. The van der Waals surface area contributed by atoms with Gasteiger partial charge in [-0.25, -0.2) is 9.78 Å². The molecule has 0 spiro atoms. The highest BCUT2D eigenvalue weighted by atomic mass is 35.5. The Balaban J connectivity index is 2.61. The molecule has 0 bridgehead atoms. The molecule has 0 aliphatic carbocycles. The summed E-state index contributed by atoms with van der Waals surface area (Å²) < 4.78 is 0. The predicted molar refractivity (Wildman–Crippen MR) is 79.0 cm³/mol. The Morgan fingerprint density at radius 3 is 2.60 bits per heavy atom. The first-order valence-electron chi connectivity index (χ1n) is 5.62. The first kappa shape index (κ1) is 14.6. The van der Waals surface area contributed by atoms with E-state index in [2.05, 4.69) is 4.98 Å². The maximum absolute atomic E-state index is 11.1. The fourth-order valence-electron chi connectivity index (χ4n) is 1.73. The molecule has 5 N–H and O–H groups in total. The number of carbonyl (C=O) groups is 1. The van der Waals surface area contributed by atoms with Gasteiger partial charge in [-0.3, -0.25) is 0 Å². The molecule has 1 aromatic carbocycles. The molecule has 1 aromatic heterocycles. The lowest BCUT2D eigenvalue weighted by Gasteiger charge is -2.09. The van der Waals surface area contributed by atoms with Crippen LogP contribution in [0.3, 0.4) is 0 Å². The van der Waals surface area contributed by atoms with Crippen molar-refractivity contribution in [2.24, 2.45) is 5.73 Å². The Morgan fingerprint density at radius 1 is 1.30 bits per heavy atom. The van der Waals surface area contributed by atoms with Crippen molar-refractivity contribution in [2.45, 2.75) is 6.54 Å². The number of halogens is 2. The molecule has 0 atom stereocenters. The average molecular weight is 312 g/mol. The molecule has 0 saturated carbocycles. The van der Waals surface area contributed by atoms with E-state index in [0.29, 0.717) is 16.3 Å². The monoisotopic (exact) mass is 311 g/mol. The normalized spacial score (nSPS) is 10.6. The SMILES string of the molecule is NCc1cc(-c2cc(N)c(Cl)c(C(=O)O)n2)ccc1Cl. The summed E-state index contributed by atoms with van der Waals surface area (Å²) >= 11 is 11.8. The van der Waals surface area contributed by atoms with Crippen LogP contribution < -0.4 is 11.5 Å². The number of benzene rings is 1. The standard InChI is InChI=1S/C13H11Cl2N3O2/c14-8-2-1-6(3-7(8)5-16)10-4-9(17)11(15)12(18-10)13(19)20/h1-4H,5,16H2,(H2,17,18)(H,19,20). The highest BCUT2D eigenvalue weighted by Gasteiger charge is 2.16. The number of nitrogens with two attached hydrogens (primary N) is 2. The molecule has 20 heavy (non-hydrogen) atoms. The van der Waals surface area contributed by atoms with Crippen LogP contribution in [0.1, 0.15) is 16.1 Å². The van der Waals surface area contributed by atoms with E-state index in [0.717, 1.165) is 5.56 Å². The summed E-state index contributed by atoms with van der Waals surface area (Å²) in [5, 5.41) is 9.53. The lowest BCUT2D eigenvalue weighted by molar-refractivity contribution is 0.0691. The third-order valence-corrected chi connectivity index (χ3v) is 3.52. The highest BCUT2D eigenvalue weighted by Crippen LogP contribution is 2.29. The van der Waals surface area contributed by atoms with Crippen LogP contribution in [0, 0.1) is 0 Å². The zero-order valence-corrected chi connectivity index (χ0v) is 11.7. The number of nitrogen functional groups attached to an aromatic ring is 1. The second kappa shape index (κ2) is 5.66. The Bertz CT molecular complexity index is 690. The van der Waals surface area contributed by atoms with Crippen molar-refractivity contribution in [1.82, 2.24) is 4.98 Å². The second-order valence-corrected chi connectivity index (χ2v) is 4.86. The van der Waals surface area contributed by atoms with Gasteiger partial charge in [0.1, 0.15) is 0 Å². The van der Waals surface area contributed by atoms with Crippen LogP contribution in [0.5, 0.6) is 0 Å². The van der Waals surface area contributed by atoms with Gasteiger partial charge in [0, 0.05) is 17.1 Å². The molecule has 0 fully saturated rings. The lowest BCUT2D eigenvalue weighted by atomic mass is 10.1. The first-order chi connectivity index (χ1) is 9.43. The molecule has 5 nitrogen and oxygen atoms in total. The van der Waals surface area contributed by atoms with Crippen molar-refractivity contribution >= 4 is 34.9 Å². The van der Waals surface area contributed by atoms with Crippen molar-refractivity contribution in [3.63, 3.8) is 0 Å². The van der Waals surface area contributed by atoms with Gasteiger partial charge in [-0.1, -0.05) is 29.3 Å². The molecule has 0 aliphatic heterocycles. The average Bonchev–Trinajstić information content (AvgIpc) is 2.42. The van der Waals surface area contributed by atoms with E-state index in [1.807, 2.05) is 0 Å². The number of nitrogens with zero attached hydrogens (tertiary/aromatic N) is 1. The Kier molecular flexibility index (Phi) is 4.13. The number of pyridine rings is 1. The fraction of sp³-hybridized carbons (Fsp3) is 0.0769. The lowest BCUT2D eigenvalue weighted by Crippen LogP contribution is -2.05. The van der Waals surface area contributed by atoms with Crippen LogP contribution in [0.25, 0.3) is 11.3 Å². The Hall–Kier alpha value is -1.82. The van der Waals surface area contributed by atoms with Gasteiger partial charge in [-0.2, -0.15) is 0 Å². The second-order valence-electron chi connectivity index (χ2n) is 4.07. The van der Waals surface area contributed by atoms with Crippen LogP contribution in [0.15, 0.2) is 24.3 Å². The van der Waals surface area contributed by atoms with Crippen LogP contribution in [0.4, 0.5) is 5.69 Å². The summed E-state index contributed by atoms with van der Waals surface area (Å²) in [6.07, 6.45) is 0. The quantitative estimate of drug-likeness (QED) is 0.809. The van der Waals surface area contributed by atoms with Gasteiger partial charge in [0.05, 0.1) is 16.4 Å². The molecule has 7 heteroatoms. The van der Waals surface area contributed by atoms with Crippen LogP contribution >= 0.6 is 23.2 Å². The summed E-state index contributed by atoms with van der Waals surface area (Å²) in [6.45, 7) is 0.265. The van der Waals surface area contributed by atoms with E-state index >= 15 is 0 Å². The Labute approximate surface area is 125 Å². The number of rotatable bonds is 3. The van der Waals surface area contributed by atoms with Crippen molar-refractivity contribution in [3.8, 4) is 11.3 Å². The van der Waals surface area contributed by atoms with Crippen molar-refractivity contribution in [2.75, 3.05) is 5.73 Å². The zero-order chi connectivity index (χ0) is 14.9. The number of carboxylic acid groups (broad SMARTS) is 1. The molecule has 0 saturated heterocycles. The molecule has 0 amide bonds. The molecule has 0 radical (unpaired) electrons. The summed E-state index contributed by atoms with van der Waals surface area (Å²) in [5.41, 5.74) is 13.0. The number of hydrogen-bond donors (Lipinski definition) is 3. The first-order valence-corrected chi connectivity index (χ1v) is 6.37. The van der Waals surface area contributed by atoms with E-state index in [-0.39, 0.29) is 22.9 Å². The summed E-state index contributed by atoms with van der Waals surface area (Å²) in [7, 11) is 0. The van der Waals surface area contributed by atoms with Crippen LogP contribution in [-0.4, -0.2) is 16.1 Å². The number of anilines is 1. The molecule has 2 rings (SSSR count). The van der Waals surface area contributed by atoms with Gasteiger partial charge in [0.25, 0.3) is 0 Å².